The van der Waals surface area contributed by atoms with Gasteiger partial charge in [0.2, 0.25) is 5.13 Å². The molecule has 1 saturated heterocycles. The molecule has 0 unspecified atom stereocenters. The molecule has 0 bridgehead atoms. The number of nitriles is 1. The van der Waals surface area contributed by atoms with Crippen molar-refractivity contribution >= 4 is 16.5 Å². The zero-order valence-corrected chi connectivity index (χ0v) is 16.3. The summed E-state index contributed by atoms with van der Waals surface area (Å²) in [5.41, 5.74) is 1.66. The van der Waals surface area contributed by atoms with Gasteiger partial charge < -0.3 is 10.2 Å². The monoisotopic (exact) mass is 355 g/mol. The third-order valence-corrected chi connectivity index (χ3v) is 5.76. The van der Waals surface area contributed by atoms with Crippen LogP contribution in [0.5, 0.6) is 0 Å². The Balaban J connectivity index is 1.86. The van der Waals surface area contributed by atoms with Crippen LogP contribution in [0.15, 0.2) is 24.3 Å². The molecule has 1 N–H and O–H groups in total. The standard InChI is InChI=1S/C19H25N5S/c1-18(2)10-14(11-19(3,4)23-18)24(5)17-22-21-16(25-17)15-9-7-6-8-13(15)12-20/h6-9,14,23H,10-11H2,1-5H3. The molecule has 2 aromatic rings. The Labute approximate surface area is 153 Å². The van der Waals surface area contributed by atoms with Gasteiger partial charge in [0.05, 0.1) is 11.6 Å². The van der Waals surface area contributed by atoms with Crippen molar-refractivity contribution in [3.63, 3.8) is 0 Å². The molecular weight excluding hydrogens is 330 g/mol. The van der Waals surface area contributed by atoms with Crippen LogP contribution in [-0.2, 0) is 0 Å². The van der Waals surface area contributed by atoms with Crippen LogP contribution in [0.25, 0.3) is 10.6 Å². The third-order valence-electron chi connectivity index (χ3n) is 4.71. The lowest BCUT2D eigenvalue weighted by Gasteiger charge is -2.48. The van der Waals surface area contributed by atoms with Gasteiger partial charge in [-0.05, 0) is 46.6 Å². The van der Waals surface area contributed by atoms with Gasteiger partial charge in [0, 0.05) is 29.7 Å². The maximum Gasteiger partial charge on any atom is 0.208 e. The molecule has 0 atom stereocenters. The van der Waals surface area contributed by atoms with Gasteiger partial charge in [0.1, 0.15) is 0 Å². The van der Waals surface area contributed by atoms with Gasteiger partial charge in [0.25, 0.3) is 0 Å². The molecule has 1 aromatic heterocycles. The highest BCUT2D eigenvalue weighted by atomic mass is 32.1. The zero-order valence-electron chi connectivity index (χ0n) is 15.5. The minimum Gasteiger partial charge on any atom is -0.347 e. The second-order valence-corrected chi connectivity index (χ2v) is 9.07. The van der Waals surface area contributed by atoms with Crippen LogP contribution in [0.3, 0.4) is 0 Å². The highest BCUT2D eigenvalue weighted by molar-refractivity contribution is 7.18. The van der Waals surface area contributed by atoms with Crippen LogP contribution in [0.4, 0.5) is 5.13 Å². The van der Waals surface area contributed by atoms with Gasteiger partial charge in [-0.25, -0.2) is 0 Å². The van der Waals surface area contributed by atoms with Gasteiger partial charge in [-0.3, -0.25) is 0 Å². The zero-order chi connectivity index (χ0) is 18.2. The normalized spacial score (nSPS) is 19.4. The Hall–Kier alpha value is -1.97. The molecule has 1 fully saturated rings. The number of rotatable bonds is 3. The second-order valence-electron chi connectivity index (χ2n) is 8.11. The van der Waals surface area contributed by atoms with Crippen molar-refractivity contribution in [3.8, 4) is 16.6 Å². The maximum absolute atomic E-state index is 9.30. The number of aromatic nitrogens is 2. The molecule has 132 valence electrons. The number of anilines is 1. The molecule has 0 saturated carbocycles. The highest BCUT2D eigenvalue weighted by Crippen LogP contribution is 2.36. The Morgan fingerprint density at radius 1 is 1.16 bits per heavy atom. The van der Waals surface area contributed by atoms with E-state index in [4.69, 9.17) is 0 Å². The first-order valence-corrected chi connectivity index (χ1v) is 9.38. The number of piperidine rings is 1. The summed E-state index contributed by atoms with van der Waals surface area (Å²) in [6, 6.07) is 10.2. The Bertz CT molecular complexity index is 786. The number of hydrogen-bond acceptors (Lipinski definition) is 6. The number of nitrogens with one attached hydrogen (secondary N) is 1. The number of benzene rings is 1. The van der Waals surface area contributed by atoms with E-state index in [1.165, 1.54) is 0 Å². The lowest BCUT2D eigenvalue weighted by Crippen LogP contribution is -2.61. The van der Waals surface area contributed by atoms with Crippen molar-refractivity contribution in [3.05, 3.63) is 29.8 Å². The molecule has 0 spiro atoms. The van der Waals surface area contributed by atoms with Crippen molar-refractivity contribution < 1.29 is 0 Å². The fraction of sp³-hybridized carbons (Fsp3) is 0.526. The average molecular weight is 356 g/mol. The van der Waals surface area contributed by atoms with E-state index in [1.807, 2.05) is 24.3 Å². The lowest BCUT2D eigenvalue weighted by atomic mass is 9.79. The van der Waals surface area contributed by atoms with Crippen LogP contribution in [0.1, 0.15) is 46.1 Å². The Morgan fingerprint density at radius 2 is 1.80 bits per heavy atom. The van der Waals surface area contributed by atoms with Crippen molar-refractivity contribution in [2.45, 2.75) is 57.7 Å². The molecule has 25 heavy (non-hydrogen) atoms. The molecule has 3 rings (SSSR count). The van der Waals surface area contributed by atoms with E-state index in [-0.39, 0.29) is 11.1 Å². The molecule has 2 heterocycles. The SMILES string of the molecule is CN(c1nnc(-c2ccccc2C#N)s1)C1CC(C)(C)NC(C)(C)C1. The third kappa shape index (κ3) is 3.83. The predicted octanol–water partition coefficient (Wildman–Crippen LogP) is 3.82. The van der Waals surface area contributed by atoms with Crippen molar-refractivity contribution in [2.24, 2.45) is 0 Å². The average Bonchev–Trinajstić information content (AvgIpc) is 3.00. The topological polar surface area (TPSA) is 64.8 Å². The summed E-state index contributed by atoms with van der Waals surface area (Å²) in [4.78, 5) is 2.25. The molecular formula is C19H25N5S. The first-order chi connectivity index (χ1) is 11.7. The summed E-state index contributed by atoms with van der Waals surface area (Å²) in [7, 11) is 2.10. The second kappa shape index (κ2) is 6.40. The predicted molar refractivity (Wildman–Crippen MR) is 103 cm³/mol. The van der Waals surface area contributed by atoms with Crippen LogP contribution in [0.2, 0.25) is 0 Å². The largest absolute Gasteiger partial charge is 0.347 e. The minimum absolute atomic E-state index is 0.0849. The van der Waals surface area contributed by atoms with Crippen molar-refractivity contribution in [1.82, 2.24) is 15.5 Å². The van der Waals surface area contributed by atoms with Crippen LogP contribution in [-0.4, -0.2) is 34.4 Å². The summed E-state index contributed by atoms with van der Waals surface area (Å²) in [5, 5.41) is 23.5. The fourth-order valence-corrected chi connectivity index (χ4v) is 4.85. The van der Waals surface area contributed by atoms with Crippen LogP contribution < -0.4 is 10.2 Å². The molecule has 5 nitrogen and oxygen atoms in total. The highest BCUT2D eigenvalue weighted by Gasteiger charge is 2.39. The Kier molecular flexibility index (Phi) is 4.56. The summed E-state index contributed by atoms with van der Waals surface area (Å²) in [6.45, 7) is 9.01. The molecule has 0 radical (unpaired) electrons. The van der Waals surface area contributed by atoms with Gasteiger partial charge in [-0.2, -0.15) is 5.26 Å². The van der Waals surface area contributed by atoms with E-state index >= 15 is 0 Å². The molecule has 1 aliphatic rings. The van der Waals surface area contributed by atoms with E-state index in [0.29, 0.717) is 11.6 Å². The maximum atomic E-state index is 9.30. The first kappa shape index (κ1) is 17.8. The summed E-state index contributed by atoms with van der Waals surface area (Å²) in [6.07, 6.45) is 2.10. The van der Waals surface area contributed by atoms with Crippen molar-refractivity contribution in [2.75, 3.05) is 11.9 Å². The molecule has 6 heteroatoms. The summed E-state index contributed by atoms with van der Waals surface area (Å²) in [5.74, 6) is 0. The number of nitrogens with zero attached hydrogens (tertiary/aromatic N) is 4. The number of hydrogen-bond donors (Lipinski definition) is 1. The lowest BCUT2D eigenvalue weighted by molar-refractivity contribution is 0.161. The van der Waals surface area contributed by atoms with Crippen LogP contribution in [0, 0.1) is 11.3 Å². The Morgan fingerprint density at radius 3 is 2.44 bits per heavy atom. The quantitative estimate of drug-likeness (QED) is 0.907. The molecule has 1 aliphatic heterocycles. The summed E-state index contributed by atoms with van der Waals surface area (Å²) >= 11 is 1.55. The van der Waals surface area contributed by atoms with E-state index < -0.39 is 0 Å². The van der Waals surface area contributed by atoms with E-state index in [2.05, 4.69) is 61.2 Å². The minimum atomic E-state index is 0.0849. The van der Waals surface area contributed by atoms with E-state index in [9.17, 15) is 5.26 Å². The fourth-order valence-electron chi connectivity index (χ4n) is 3.93. The van der Waals surface area contributed by atoms with E-state index in [1.54, 1.807) is 11.3 Å². The van der Waals surface area contributed by atoms with Gasteiger partial charge in [-0.1, -0.05) is 29.5 Å². The van der Waals surface area contributed by atoms with E-state index in [0.717, 1.165) is 28.5 Å². The molecule has 1 aromatic carbocycles. The smallest absolute Gasteiger partial charge is 0.208 e. The van der Waals surface area contributed by atoms with Gasteiger partial charge >= 0.3 is 0 Å². The first-order valence-electron chi connectivity index (χ1n) is 8.56. The van der Waals surface area contributed by atoms with Crippen molar-refractivity contribution in [1.29, 1.82) is 5.26 Å². The van der Waals surface area contributed by atoms with Gasteiger partial charge in [0.15, 0.2) is 5.01 Å². The van der Waals surface area contributed by atoms with Crippen LogP contribution >= 0.6 is 11.3 Å². The molecule has 0 aliphatic carbocycles. The summed E-state index contributed by atoms with van der Waals surface area (Å²) < 4.78 is 0. The molecule has 0 amide bonds. The van der Waals surface area contributed by atoms with Gasteiger partial charge in [-0.15, -0.1) is 10.2 Å².